The minimum absolute atomic E-state index is 0.0408. The number of halogens is 1. The van der Waals surface area contributed by atoms with Crippen molar-refractivity contribution >= 4 is 17.3 Å². The van der Waals surface area contributed by atoms with E-state index < -0.39 is 17.3 Å². The number of aromatic nitrogens is 2. The number of amides is 2. The van der Waals surface area contributed by atoms with Crippen LogP contribution in [-0.2, 0) is 0 Å². The number of aliphatic hydroxyl groups is 1. The van der Waals surface area contributed by atoms with Gasteiger partial charge in [0, 0.05) is 6.04 Å². The number of nitrogens with one attached hydrogen (secondary N) is 1. The first kappa shape index (κ1) is 24.1. The Balaban J connectivity index is 1.13. The van der Waals surface area contributed by atoms with Crippen molar-refractivity contribution in [2.45, 2.75) is 57.3 Å². The summed E-state index contributed by atoms with van der Waals surface area (Å²) < 4.78 is 26.5. The third-order valence-corrected chi connectivity index (χ3v) is 6.84. The Morgan fingerprint density at radius 1 is 1.22 bits per heavy atom. The number of pyridine rings is 1. The summed E-state index contributed by atoms with van der Waals surface area (Å²) in [7, 11) is 0. The van der Waals surface area contributed by atoms with Crippen LogP contribution in [0.1, 0.15) is 60.2 Å². The highest BCUT2D eigenvalue weighted by atomic mass is 19.1. The lowest BCUT2D eigenvalue weighted by Crippen LogP contribution is -2.58. The van der Waals surface area contributed by atoms with E-state index in [1.807, 2.05) is 0 Å². The topological polar surface area (TPSA) is 128 Å². The van der Waals surface area contributed by atoms with Crippen LogP contribution in [0.2, 0.25) is 0 Å². The van der Waals surface area contributed by atoms with Gasteiger partial charge in [0.25, 0.3) is 11.8 Å². The Morgan fingerprint density at radius 3 is 2.67 bits per heavy atom. The zero-order valence-corrected chi connectivity index (χ0v) is 20.2. The number of primary amides is 1. The van der Waals surface area contributed by atoms with Gasteiger partial charge in [0.05, 0.1) is 40.7 Å². The number of fused-ring (bicyclic) bond motifs is 1. The predicted octanol–water partition coefficient (Wildman–Crippen LogP) is 2.84. The Morgan fingerprint density at radius 2 is 1.97 bits per heavy atom. The van der Waals surface area contributed by atoms with E-state index in [0.29, 0.717) is 22.6 Å². The fourth-order valence-corrected chi connectivity index (χ4v) is 5.14. The highest BCUT2D eigenvalue weighted by Gasteiger charge is 2.54. The third-order valence-electron chi connectivity index (χ3n) is 6.84. The average Bonchev–Trinajstić information content (AvgIpc) is 3.18. The van der Waals surface area contributed by atoms with Gasteiger partial charge in [-0.25, -0.2) is 8.91 Å². The molecule has 190 valence electrons. The van der Waals surface area contributed by atoms with E-state index in [1.54, 1.807) is 36.7 Å². The second kappa shape index (κ2) is 8.77. The molecule has 10 heteroatoms. The van der Waals surface area contributed by atoms with Crippen LogP contribution in [-0.4, -0.2) is 50.9 Å². The van der Waals surface area contributed by atoms with Crippen LogP contribution in [0.4, 0.5) is 4.39 Å². The molecule has 2 heterocycles. The molecule has 5 rings (SSSR count). The number of carbonyl (C=O) groups is 2. The van der Waals surface area contributed by atoms with E-state index >= 15 is 0 Å². The van der Waals surface area contributed by atoms with Crippen molar-refractivity contribution in [3.05, 3.63) is 59.7 Å². The lowest BCUT2D eigenvalue weighted by atomic mass is 9.53. The normalized spacial score (nSPS) is 23.1. The molecule has 9 nitrogen and oxygen atoms in total. The Bertz CT molecular complexity index is 1320. The van der Waals surface area contributed by atoms with E-state index in [1.165, 1.54) is 18.3 Å². The van der Waals surface area contributed by atoms with Gasteiger partial charge in [-0.05, 0) is 75.3 Å². The van der Waals surface area contributed by atoms with E-state index in [0.717, 1.165) is 31.7 Å². The number of nitrogens with zero attached hydrogens (tertiary/aromatic N) is 2. The summed E-state index contributed by atoms with van der Waals surface area (Å²) in [6.45, 7) is 3.46. The van der Waals surface area contributed by atoms with Crippen molar-refractivity contribution in [3.8, 4) is 11.5 Å². The monoisotopic (exact) mass is 496 g/mol. The SMILES string of the molecule is CC(C)(O)COc1ccc2c(C(=O)NC3CC4(C3)CC(Oc3ccc(F)cc3C(N)=O)C4)cnn2c1. The molecule has 2 fully saturated rings. The standard InChI is InChI=1S/C26H29FN4O5/c1-25(2,34)14-35-17-4-5-21-20(12-29-31(21)13-17)24(33)30-16-8-26(9-16)10-18(11-26)36-22-6-3-15(27)7-19(22)23(28)32/h3-7,12-13,16,18,34H,8-11,14H2,1-2H3,(H2,28,32)(H,30,33). The molecule has 0 atom stereocenters. The molecule has 0 saturated heterocycles. The average molecular weight is 497 g/mol. The first-order chi connectivity index (χ1) is 17.0. The molecule has 2 aliphatic carbocycles. The fraction of sp³-hybridized carbons (Fsp3) is 0.423. The summed E-state index contributed by atoms with van der Waals surface area (Å²) in [4.78, 5) is 24.5. The molecule has 0 radical (unpaired) electrons. The number of carbonyl (C=O) groups excluding carboxylic acids is 2. The maximum Gasteiger partial charge on any atom is 0.255 e. The van der Waals surface area contributed by atoms with Gasteiger partial charge in [0.2, 0.25) is 0 Å². The lowest BCUT2D eigenvalue weighted by Gasteiger charge is -2.57. The Kier molecular flexibility index (Phi) is 5.86. The number of rotatable bonds is 8. The summed E-state index contributed by atoms with van der Waals surface area (Å²) in [6.07, 6.45) is 6.44. The van der Waals surface area contributed by atoms with Gasteiger partial charge in [-0.2, -0.15) is 5.10 Å². The van der Waals surface area contributed by atoms with Crippen molar-refractivity contribution in [3.63, 3.8) is 0 Å². The lowest BCUT2D eigenvalue weighted by molar-refractivity contribution is -0.0834. The molecule has 2 saturated carbocycles. The summed E-state index contributed by atoms with van der Waals surface area (Å²) in [5.74, 6) is -0.597. The molecular weight excluding hydrogens is 467 g/mol. The van der Waals surface area contributed by atoms with Crippen LogP contribution in [0.15, 0.2) is 42.7 Å². The van der Waals surface area contributed by atoms with Gasteiger partial charge in [0.1, 0.15) is 23.9 Å². The zero-order chi connectivity index (χ0) is 25.7. The van der Waals surface area contributed by atoms with Gasteiger partial charge in [-0.3, -0.25) is 9.59 Å². The van der Waals surface area contributed by atoms with Crippen LogP contribution < -0.4 is 20.5 Å². The van der Waals surface area contributed by atoms with E-state index in [2.05, 4.69) is 10.4 Å². The molecule has 4 N–H and O–H groups in total. The minimum atomic E-state index is -0.954. The van der Waals surface area contributed by atoms with Crippen LogP contribution in [0.5, 0.6) is 11.5 Å². The maximum atomic E-state index is 13.4. The number of ether oxygens (including phenoxy) is 2. The number of nitrogens with two attached hydrogens (primary N) is 1. The van der Waals surface area contributed by atoms with Crippen LogP contribution in [0, 0.1) is 11.2 Å². The first-order valence-electron chi connectivity index (χ1n) is 11.9. The zero-order valence-electron chi connectivity index (χ0n) is 20.2. The van der Waals surface area contributed by atoms with E-state index in [-0.39, 0.29) is 35.6 Å². The van der Waals surface area contributed by atoms with Crippen LogP contribution >= 0.6 is 0 Å². The Hall–Kier alpha value is -3.66. The summed E-state index contributed by atoms with van der Waals surface area (Å²) in [6, 6.07) is 7.35. The van der Waals surface area contributed by atoms with Crippen molar-refractivity contribution in [1.29, 1.82) is 0 Å². The van der Waals surface area contributed by atoms with Gasteiger partial charge >= 0.3 is 0 Å². The highest BCUT2D eigenvalue weighted by Crippen LogP contribution is 2.57. The molecule has 0 aliphatic heterocycles. The first-order valence-corrected chi connectivity index (χ1v) is 11.9. The molecule has 36 heavy (non-hydrogen) atoms. The van der Waals surface area contributed by atoms with Crippen molar-refractivity contribution < 1.29 is 28.6 Å². The number of hydrogen-bond acceptors (Lipinski definition) is 6. The molecular formula is C26H29FN4O5. The smallest absolute Gasteiger partial charge is 0.255 e. The van der Waals surface area contributed by atoms with Crippen molar-refractivity contribution in [1.82, 2.24) is 14.9 Å². The molecule has 0 unspecified atom stereocenters. The molecule has 0 bridgehead atoms. The Labute approximate surface area is 207 Å². The molecule has 2 aliphatic rings. The molecule has 3 aromatic rings. The van der Waals surface area contributed by atoms with E-state index in [4.69, 9.17) is 15.2 Å². The molecule has 2 aromatic heterocycles. The van der Waals surface area contributed by atoms with Gasteiger partial charge < -0.3 is 25.6 Å². The van der Waals surface area contributed by atoms with Crippen molar-refractivity contribution in [2.75, 3.05) is 6.61 Å². The summed E-state index contributed by atoms with van der Waals surface area (Å²) in [5, 5.41) is 17.2. The van der Waals surface area contributed by atoms with Gasteiger partial charge in [-0.1, -0.05) is 0 Å². The van der Waals surface area contributed by atoms with Crippen LogP contribution in [0.25, 0.3) is 5.52 Å². The minimum Gasteiger partial charge on any atom is -0.490 e. The van der Waals surface area contributed by atoms with Gasteiger partial charge in [0.15, 0.2) is 0 Å². The predicted molar refractivity (Wildman–Crippen MR) is 128 cm³/mol. The molecule has 1 aromatic carbocycles. The van der Waals surface area contributed by atoms with Gasteiger partial charge in [-0.15, -0.1) is 0 Å². The maximum absolute atomic E-state index is 13.4. The number of benzene rings is 1. The molecule has 2 amide bonds. The van der Waals surface area contributed by atoms with Crippen molar-refractivity contribution in [2.24, 2.45) is 11.1 Å². The quantitative estimate of drug-likeness (QED) is 0.440. The summed E-state index contributed by atoms with van der Waals surface area (Å²) >= 11 is 0. The largest absolute Gasteiger partial charge is 0.490 e. The van der Waals surface area contributed by atoms with Crippen LogP contribution in [0.3, 0.4) is 0 Å². The second-order valence-corrected chi connectivity index (χ2v) is 10.6. The van der Waals surface area contributed by atoms with E-state index in [9.17, 15) is 19.1 Å². The third kappa shape index (κ3) is 4.86. The second-order valence-electron chi connectivity index (χ2n) is 10.6. The number of hydrogen-bond donors (Lipinski definition) is 3. The molecule has 1 spiro atoms. The fourth-order valence-electron chi connectivity index (χ4n) is 5.14. The summed E-state index contributed by atoms with van der Waals surface area (Å²) in [5.41, 5.74) is 5.69. The highest BCUT2D eigenvalue weighted by molar-refractivity contribution is 6.00.